The standard InChI is InChI=1S/C14H18N2/c1-12-7-5-6-10-16(12)14(11-15)13-8-3-2-4-9-13/h2-4,8-9,12,14H,5-7,10H2,1H3. The van der Waals surface area contributed by atoms with Crippen LogP contribution in [0.1, 0.15) is 37.8 Å². The molecular weight excluding hydrogens is 196 g/mol. The minimum Gasteiger partial charge on any atom is -0.282 e. The van der Waals surface area contributed by atoms with Gasteiger partial charge in [0.05, 0.1) is 6.07 Å². The molecule has 0 saturated carbocycles. The molecule has 1 fully saturated rings. The van der Waals surface area contributed by atoms with E-state index in [2.05, 4.69) is 30.0 Å². The maximum Gasteiger partial charge on any atom is 0.124 e. The van der Waals surface area contributed by atoms with Crippen LogP contribution in [0.5, 0.6) is 0 Å². The third-order valence-corrected chi connectivity index (χ3v) is 3.42. The first-order chi connectivity index (χ1) is 7.83. The second-order valence-corrected chi connectivity index (χ2v) is 4.52. The van der Waals surface area contributed by atoms with Crippen molar-refractivity contribution in [1.29, 1.82) is 5.26 Å². The van der Waals surface area contributed by atoms with E-state index < -0.39 is 0 Å². The van der Waals surface area contributed by atoms with Crippen LogP contribution >= 0.6 is 0 Å². The Labute approximate surface area is 97.5 Å². The van der Waals surface area contributed by atoms with Gasteiger partial charge in [0.1, 0.15) is 6.04 Å². The summed E-state index contributed by atoms with van der Waals surface area (Å²) in [7, 11) is 0. The summed E-state index contributed by atoms with van der Waals surface area (Å²) in [5.74, 6) is 0. The van der Waals surface area contributed by atoms with Crippen molar-refractivity contribution in [3.63, 3.8) is 0 Å². The number of piperidine rings is 1. The number of rotatable bonds is 2. The first-order valence-corrected chi connectivity index (χ1v) is 6.03. The van der Waals surface area contributed by atoms with Crippen LogP contribution in [0.25, 0.3) is 0 Å². The van der Waals surface area contributed by atoms with Gasteiger partial charge >= 0.3 is 0 Å². The van der Waals surface area contributed by atoms with E-state index in [1.165, 1.54) is 19.3 Å². The van der Waals surface area contributed by atoms with E-state index in [4.69, 9.17) is 0 Å². The van der Waals surface area contributed by atoms with Gasteiger partial charge in [-0.3, -0.25) is 4.90 Å². The third-order valence-electron chi connectivity index (χ3n) is 3.42. The van der Waals surface area contributed by atoms with Gasteiger partial charge in [0.2, 0.25) is 0 Å². The molecule has 1 heterocycles. The van der Waals surface area contributed by atoms with Gasteiger partial charge in [-0.05, 0) is 31.9 Å². The molecule has 84 valence electrons. The van der Waals surface area contributed by atoms with Crippen LogP contribution in [0, 0.1) is 11.3 Å². The molecule has 1 aliphatic rings. The summed E-state index contributed by atoms with van der Waals surface area (Å²) < 4.78 is 0. The first kappa shape index (κ1) is 11.2. The quantitative estimate of drug-likeness (QED) is 0.756. The molecule has 0 radical (unpaired) electrons. The summed E-state index contributed by atoms with van der Waals surface area (Å²) in [6.07, 6.45) is 3.73. The number of hydrogen-bond acceptors (Lipinski definition) is 2. The highest BCUT2D eigenvalue weighted by atomic mass is 15.2. The maximum atomic E-state index is 9.36. The fraction of sp³-hybridized carbons (Fsp3) is 0.500. The van der Waals surface area contributed by atoms with E-state index in [0.717, 1.165) is 12.1 Å². The summed E-state index contributed by atoms with van der Waals surface area (Å²) >= 11 is 0. The summed E-state index contributed by atoms with van der Waals surface area (Å²) in [6, 6.07) is 13.0. The van der Waals surface area contributed by atoms with Gasteiger partial charge in [0, 0.05) is 6.04 Å². The Bertz CT molecular complexity index is 366. The maximum absolute atomic E-state index is 9.36. The lowest BCUT2D eigenvalue weighted by molar-refractivity contribution is 0.132. The van der Waals surface area contributed by atoms with Crippen molar-refractivity contribution in [2.24, 2.45) is 0 Å². The van der Waals surface area contributed by atoms with Gasteiger partial charge in [0.25, 0.3) is 0 Å². The second kappa shape index (κ2) is 5.14. The Morgan fingerprint density at radius 1 is 1.31 bits per heavy atom. The molecule has 2 heteroatoms. The Kier molecular flexibility index (Phi) is 3.58. The van der Waals surface area contributed by atoms with Gasteiger partial charge < -0.3 is 0 Å². The highest BCUT2D eigenvalue weighted by molar-refractivity contribution is 5.24. The van der Waals surface area contributed by atoms with Crippen LogP contribution in [0.4, 0.5) is 0 Å². The smallest absolute Gasteiger partial charge is 0.124 e. The van der Waals surface area contributed by atoms with E-state index in [0.29, 0.717) is 6.04 Å². The fourth-order valence-corrected chi connectivity index (χ4v) is 2.48. The topological polar surface area (TPSA) is 27.0 Å². The molecule has 0 spiro atoms. The molecule has 1 aromatic carbocycles. The lowest BCUT2D eigenvalue weighted by atomic mass is 9.98. The van der Waals surface area contributed by atoms with E-state index in [1.54, 1.807) is 0 Å². The van der Waals surface area contributed by atoms with Crippen molar-refractivity contribution in [2.75, 3.05) is 6.54 Å². The minimum atomic E-state index is -0.0727. The molecular formula is C14H18N2. The van der Waals surface area contributed by atoms with Crippen LogP contribution in [-0.4, -0.2) is 17.5 Å². The van der Waals surface area contributed by atoms with Crippen molar-refractivity contribution >= 4 is 0 Å². The van der Waals surface area contributed by atoms with Crippen LogP contribution in [-0.2, 0) is 0 Å². The molecule has 0 aliphatic carbocycles. The van der Waals surface area contributed by atoms with Crippen molar-refractivity contribution in [2.45, 2.75) is 38.3 Å². The Morgan fingerprint density at radius 3 is 2.69 bits per heavy atom. The van der Waals surface area contributed by atoms with Crippen molar-refractivity contribution in [1.82, 2.24) is 4.90 Å². The molecule has 2 atom stereocenters. The van der Waals surface area contributed by atoms with Crippen LogP contribution < -0.4 is 0 Å². The average molecular weight is 214 g/mol. The zero-order valence-corrected chi connectivity index (χ0v) is 9.76. The molecule has 0 N–H and O–H groups in total. The average Bonchev–Trinajstić information content (AvgIpc) is 2.34. The van der Waals surface area contributed by atoms with E-state index in [1.807, 2.05) is 18.2 Å². The third kappa shape index (κ3) is 2.25. The SMILES string of the molecule is CC1CCCCN1C(C#N)c1ccccc1. The van der Waals surface area contributed by atoms with Crippen LogP contribution in [0.15, 0.2) is 30.3 Å². The van der Waals surface area contributed by atoms with Crippen molar-refractivity contribution in [3.8, 4) is 6.07 Å². The van der Waals surface area contributed by atoms with Gasteiger partial charge in [-0.25, -0.2) is 0 Å². The van der Waals surface area contributed by atoms with Gasteiger partial charge in [-0.1, -0.05) is 36.8 Å². The molecule has 0 bridgehead atoms. The molecule has 2 rings (SSSR count). The predicted octanol–water partition coefficient (Wildman–Crippen LogP) is 3.13. The van der Waals surface area contributed by atoms with Gasteiger partial charge in [-0.2, -0.15) is 5.26 Å². The molecule has 0 aromatic heterocycles. The van der Waals surface area contributed by atoms with Crippen molar-refractivity contribution < 1.29 is 0 Å². The zero-order valence-electron chi connectivity index (χ0n) is 9.76. The zero-order chi connectivity index (χ0) is 11.4. The lowest BCUT2D eigenvalue weighted by Gasteiger charge is -2.36. The summed E-state index contributed by atoms with van der Waals surface area (Å²) in [4.78, 5) is 2.33. The summed E-state index contributed by atoms with van der Waals surface area (Å²) in [5, 5.41) is 9.36. The number of hydrogen-bond donors (Lipinski definition) is 0. The van der Waals surface area contributed by atoms with E-state index >= 15 is 0 Å². The second-order valence-electron chi connectivity index (χ2n) is 4.52. The highest BCUT2D eigenvalue weighted by Crippen LogP contribution is 2.27. The fourth-order valence-electron chi connectivity index (χ4n) is 2.48. The summed E-state index contributed by atoms with van der Waals surface area (Å²) in [5.41, 5.74) is 1.12. The van der Waals surface area contributed by atoms with Gasteiger partial charge in [0.15, 0.2) is 0 Å². The number of benzene rings is 1. The van der Waals surface area contributed by atoms with E-state index in [-0.39, 0.29) is 6.04 Å². The monoisotopic (exact) mass is 214 g/mol. The lowest BCUT2D eigenvalue weighted by Crippen LogP contribution is -2.39. The molecule has 2 unspecified atom stereocenters. The largest absolute Gasteiger partial charge is 0.282 e. The number of likely N-dealkylation sites (tertiary alicyclic amines) is 1. The minimum absolute atomic E-state index is 0.0727. The molecule has 1 aromatic rings. The highest BCUT2D eigenvalue weighted by Gasteiger charge is 2.26. The summed E-state index contributed by atoms with van der Waals surface area (Å²) in [6.45, 7) is 3.28. The molecule has 0 amide bonds. The number of nitriles is 1. The van der Waals surface area contributed by atoms with E-state index in [9.17, 15) is 5.26 Å². The molecule has 16 heavy (non-hydrogen) atoms. The molecule has 1 aliphatic heterocycles. The van der Waals surface area contributed by atoms with Crippen molar-refractivity contribution in [3.05, 3.63) is 35.9 Å². The predicted molar refractivity (Wildman–Crippen MR) is 64.8 cm³/mol. The Balaban J connectivity index is 2.20. The molecule has 2 nitrogen and oxygen atoms in total. The van der Waals surface area contributed by atoms with Gasteiger partial charge in [-0.15, -0.1) is 0 Å². The molecule has 1 saturated heterocycles. The normalized spacial score (nSPS) is 23.6. The van der Waals surface area contributed by atoms with Crippen LogP contribution in [0.2, 0.25) is 0 Å². The number of nitrogens with zero attached hydrogens (tertiary/aromatic N) is 2. The Morgan fingerprint density at radius 2 is 2.06 bits per heavy atom. The van der Waals surface area contributed by atoms with Crippen LogP contribution in [0.3, 0.4) is 0 Å². The first-order valence-electron chi connectivity index (χ1n) is 6.03. The Hall–Kier alpha value is -1.33.